The van der Waals surface area contributed by atoms with E-state index in [4.69, 9.17) is 0 Å². The summed E-state index contributed by atoms with van der Waals surface area (Å²) < 4.78 is 0. The number of amides is 1. The van der Waals surface area contributed by atoms with Crippen molar-refractivity contribution in [2.75, 3.05) is 13.1 Å². The lowest BCUT2D eigenvalue weighted by atomic mass is 9.95. The third-order valence-corrected chi connectivity index (χ3v) is 3.42. The average Bonchev–Trinajstić information content (AvgIpc) is 2.34. The molecule has 0 bridgehead atoms. The fourth-order valence-corrected chi connectivity index (χ4v) is 2.57. The zero-order chi connectivity index (χ0) is 13.6. The molecule has 0 atom stereocenters. The second-order valence-corrected chi connectivity index (χ2v) is 5.49. The molecule has 1 aliphatic heterocycles. The number of carbonyl (C=O) groups excluding carboxylic acids is 1. The van der Waals surface area contributed by atoms with Crippen molar-refractivity contribution in [2.45, 2.75) is 19.4 Å². The number of fused-ring (bicyclic) bond motifs is 1. The van der Waals surface area contributed by atoms with Gasteiger partial charge in [-0.05, 0) is 26.0 Å². The van der Waals surface area contributed by atoms with E-state index in [0.717, 1.165) is 16.6 Å². The van der Waals surface area contributed by atoms with E-state index in [2.05, 4.69) is 4.98 Å². The number of hydrogen-bond donors (Lipinski definition) is 1. The molecule has 0 radical (unpaired) electrons. The number of benzene rings is 1. The fourth-order valence-electron chi connectivity index (χ4n) is 2.57. The number of para-hydroxylation sites is 1. The number of aromatic nitrogens is 1. The van der Waals surface area contributed by atoms with Gasteiger partial charge in [-0.3, -0.25) is 9.78 Å². The molecule has 98 valence electrons. The van der Waals surface area contributed by atoms with Crippen molar-refractivity contribution >= 4 is 16.8 Å². The molecule has 4 nitrogen and oxygen atoms in total. The first-order valence-electron chi connectivity index (χ1n) is 6.34. The van der Waals surface area contributed by atoms with E-state index in [0.29, 0.717) is 18.7 Å². The van der Waals surface area contributed by atoms with Crippen LogP contribution in [0.3, 0.4) is 0 Å². The van der Waals surface area contributed by atoms with Gasteiger partial charge in [0, 0.05) is 11.1 Å². The summed E-state index contributed by atoms with van der Waals surface area (Å²) in [5, 5.41) is 10.6. The molecular weight excluding hydrogens is 240 g/mol. The normalized spacial score (nSPS) is 17.3. The van der Waals surface area contributed by atoms with Crippen LogP contribution in [0.1, 0.15) is 23.0 Å². The Labute approximate surface area is 111 Å². The van der Waals surface area contributed by atoms with Crippen molar-refractivity contribution in [1.29, 1.82) is 0 Å². The van der Waals surface area contributed by atoms with Crippen molar-refractivity contribution in [3.63, 3.8) is 0 Å². The molecule has 0 aliphatic carbocycles. The molecule has 1 aromatic carbocycles. The van der Waals surface area contributed by atoms with Gasteiger partial charge in [0.1, 0.15) is 0 Å². The number of carbonyl (C=O) groups is 1. The summed E-state index contributed by atoms with van der Waals surface area (Å²) in [6, 6.07) is 9.45. The maximum atomic E-state index is 12.5. The maximum Gasteiger partial charge on any atom is 0.254 e. The zero-order valence-electron chi connectivity index (χ0n) is 11.1. The van der Waals surface area contributed by atoms with E-state index in [1.165, 1.54) is 0 Å². The molecule has 1 aliphatic rings. The number of nitrogens with zero attached hydrogens (tertiary/aromatic N) is 2. The maximum absolute atomic E-state index is 12.5. The van der Waals surface area contributed by atoms with Crippen LogP contribution >= 0.6 is 0 Å². The second kappa shape index (κ2) is 4.03. The molecule has 2 heterocycles. The SMILES string of the molecule is Cc1cc(C(=O)N2CC(C)(O)C2)c2ccccc2n1. The quantitative estimate of drug-likeness (QED) is 0.845. The summed E-state index contributed by atoms with van der Waals surface area (Å²) in [5.41, 5.74) is 1.58. The van der Waals surface area contributed by atoms with E-state index < -0.39 is 5.60 Å². The molecule has 1 N–H and O–H groups in total. The van der Waals surface area contributed by atoms with Gasteiger partial charge < -0.3 is 10.0 Å². The molecule has 1 amide bonds. The minimum atomic E-state index is -0.743. The molecule has 4 heteroatoms. The Balaban J connectivity index is 2.03. The van der Waals surface area contributed by atoms with E-state index in [1.807, 2.05) is 37.3 Å². The monoisotopic (exact) mass is 256 g/mol. The molecule has 1 aromatic heterocycles. The minimum Gasteiger partial charge on any atom is -0.386 e. The van der Waals surface area contributed by atoms with Gasteiger partial charge in [0.2, 0.25) is 0 Å². The summed E-state index contributed by atoms with van der Waals surface area (Å²) in [6.45, 7) is 4.41. The van der Waals surface area contributed by atoms with E-state index in [1.54, 1.807) is 11.8 Å². The lowest BCUT2D eigenvalue weighted by Gasteiger charge is -2.44. The summed E-state index contributed by atoms with van der Waals surface area (Å²) in [5.74, 6) is -0.0341. The number of pyridine rings is 1. The molecule has 1 saturated heterocycles. The van der Waals surface area contributed by atoms with Crippen LogP contribution in [0.2, 0.25) is 0 Å². The van der Waals surface area contributed by atoms with Crippen LogP contribution in [0.5, 0.6) is 0 Å². The fraction of sp³-hybridized carbons (Fsp3) is 0.333. The van der Waals surface area contributed by atoms with Gasteiger partial charge in [-0.2, -0.15) is 0 Å². The van der Waals surface area contributed by atoms with Gasteiger partial charge in [0.05, 0.1) is 29.8 Å². The van der Waals surface area contributed by atoms with Crippen molar-refractivity contribution in [3.8, 4) is 0 Å². The average molecular weight is 256 g/mol. The van der Waals surface area contributed by atoms with Gasteiger partial charge in [-0.15, -0.1) is 0 Å². The number of rotatable bonds is 1. The first kappa shape index (κ1) is 12.1. The Morgan fingerprint density at radius 1 is 1.37 bits per heavy atom. The Kier molecular flexibility index (Phi) is 2.57. The largest absolute Gasteiger partial charge is 0.386 e. The predicted molar refractivity (Wildman–Crippen MR) is 73.0 cm³/mol. The highest BCUT2D eigenvalue weighted by Gasteiger charge is 2.40. The van der Waals surface area contributed by atoms with E-state index in [-0.39, 0.29) is 5.91 Å². The highest BCUT2D eigenvalue weighted by Crippen LogP contribution is 2.25. The number of aryl methyl sites for hydroxylation is 1. The van der Waals surface area contributed by atoms with Crippen LogP contribution in [0, 0.1) is 6.92 Å². The standard InChI is InChI=1S/C15H16N2O2/c1-10-7-12(11-5-3-4-6-13(11)16-10)14(18)17-8-15(2,19)9-17/h3-7,19H,8-9H2,1-2H3. The van der Waals surface area contributed by atoms with Crippen molar-refractivity contribution < 1.29 is 9.90 Å². The van der Waals surface area contributed by atoms with Crippen LogP contribution in [0.15, 0.2) is 30.3 Å². The molecule has 3 rings (SSSR count). The van der Waals surface area contributed by atoms with Crippen LogP contribution in [-0.4, -0.2) is 39.6 Å². The molecule has 19 heavy (non-hydrogen) atoms. The van der Waals surface area contributed by atoms with Gasteiger partial charge in [0.25, 0.3) is 5.91 Å². The smallest absolute Gasteiger partial charge is 0.254 e. The van der Waals surface area contributed by atoms with Crippen molar-refractivity contribution in [3.05, 3.63) is 41.6 Å². The Morgan fingerprint density at radius 3 is 2.74 bits per heavy atom. The Hall–Kier alpha value is -1.94. The molecule has 0 saturated carbocycles. The number of β-amino-alcohol motifs (C(OH)–C–C–N with tert-alkyl or cyclic N) is 1. The van der Waals surface area contributed by atoms with E-state index in [9.17, 15) is 9.90 Å². The summed E-state index contributed by atoms with van der Waals surface area (Å²) in [6.07, 6.45) is 0. The third-order valence-electron chi connectivity index (χ3n) is 3.42. The van der Waals surface area contributed by atoms with Crippen LogP contribution in [0.25, 0.3) is 10.9 Å². The van der Waals surface area contributed by atoms with Gasteiger partial charge in [-0.1, -0.05) is 18.2 Å². The van der Waals surface area contributed by atoms with Crippen LogP contribution in [0.4, 0.5) is 0 Å². The van der Waals surface area contributed by atoms with Gasteiger partial charge in [-0.25, -0.2) is 0 Å². The topological polar surface area (TPSA) is 53.4 Å². The van der Waals surface area contributed by atoms with Crippen LogP contribution < -0.4 is 0 Å². The highest BCUT2D eigenvalue weighted by molar-refractivity contribution is 6.06. The summed E-state index contributed by atoms with van der Waals surface area (Å²) in [4.78, 5) is 18.6. The first-order chi connectivity index (χ1) is 8.96. The molecular formula is C15H16N2O2. The van der Waals surface area contributed by atoms with Gasteiger partial charge >= 0.3 is 0 Å². The number of hydrogen-bond acceptors (Lipinski definition) is 3. The number of aliphatic hydroxyl groups is 1. The van der Waals surface area contributed by atoms with Gasteiger partial charge in [0.15, 0.2) is 0 Å². The lowest BCUT2D eigenvalue weighted by molar-refractivity contribution is -0.0668. The van der Waals surface area contributed by atoms with Crippen molar-refractivity contribution in [1.82, 2.24) is 9.88 Å². The molecule has 2 aromatic rings. The summed E-state index contributed by atoms with van der Waals surface area (Å²) in [7, 11) is 0. The zero-order valence-corrected chi connectivity index (χ0v) is 11.1. The van der Waals surface area contributed by atoms with E-state index >= 15 is 0 Å². The highest BCUT2D eigenvalue weighted by atomic mass is 16.3. The first-order valence-corrected chi connectivity index (χ1v) is 6.34. The lowest BCUT2D eigenvalue weighted by Crippen LogP contribution is -2.61. The Morgan fingerprint density at radius 2 is 2.05 bits per heavy atom. The Bertz CT molecular complexity index is 656. The second-order valence-electron chi connectivity index (χ2n) is 5.49. The predicted octanol–water partition coefficient (Wildman–Crippen LogP) is 1.75. The third kappa shape index (κ3) is 2.08. The van der Waals surface area contributed by atoms with Crippen LogP contribution in [-0.2, 0) is 0 Å². The summed E-state index contributed by atoms with van der Waals surface area (Å²) >= 11 is 0. The number of likely N-dealkylation sites (tertiary alicyclic amines) is 1. The molecule has 0 unspecified atom stereocenters. The molecule has 0 spiro atoms. The minimum absolute atomic E-state index is 0.0341. The van der Waals surface area contributed by atoms with Crippen molar-refractivity contribution in [2.24, 2.45) is 0 Å². The molecule has 1 fully saturated rings.